The van der Waals surface area contributed by atoms with Crippen LogP contribution in [-0.4, -0.2) is 41.3 Å². The highest BCUT2D eigenvalue weighted by Gasteiger charge is 2.33. The summed E-state index contributed by atoms with van der Waals surface area (Å²) in [6.45, 7) is 0. The Labute approximate surface area is 168 Å². The Morgan fingerprint density at radius 1 is 0.966 bits per heavy atom. The number of methoxy groups -OCH3 is 2. The average Bonchev–Trinajstić information content (AvgIpc) is 3.08. The van der Waals surface area contributed by atoms with Crippen LogP contribution in [0.25, 0.3) is 5.52 Å². The van der Waals surface area contributed by atoms with Crippen LogP contribution in [0.5, 0.6) is 0 Å². The smallest absolute Gasteiger partial charge is 0.341 e. The third-order valence-corrected chi connectivity index (χ3v) is 4.54. The van der Waals surface area contributed by atoms with E-state index in [1.54, 1.807) is 6.07 Å². The van der Waals surface area contributed by atoms with Crippen molar-refractivity contribution in [2.24, 2.45) is 0 Å². The molecular formula is C19H13ClN2O7. The Balaban J connectivity index is 2.36. The third kappa shape index (κ3) is 3.32. The van der Waals surface area contributed by atoms with E-state index in [0.29, 0.717) is 0 Å². The van der Waals surface area contributed by atoms with E-state index in [-0.39, 0.29) is 38.7 Å². The number of non-ortho nitro benzene ring substituents is 1. The Kier molecular flexibility index (Phi) is 5.33. The normalized spacial score (nSPS) is 10.6. The maximum atomic E-state index is 13.2. The maximum absolute atomic E-state index is 13.2. The van der Waals surface area contributed by atoms with Gasteiger partial charge in [0.1, 0.15) is 22.0 Å². The lowest BCUT2D eigenvalue weighted by atomic mass is 10.0. The first-order chi connectivity index (χ1) is 13.8. The molecular weight excluding hydrogens is 404 g/mol. The zero-order valence-corrected chi connectivity index (χ0v) is 15.9. The van der Waals surface area contributed by atoms with Gasteiger partial charge in [-0.25, -0.2) is 9.59 Å². The maximum Gasteiger partial charge on any atom is 0.341 e. The van der Waals surface area contributed by atoms with Crippen LogP contribution < -0.4 is 0 Å². The highest BCUT2D eigenvalue weighted by molar-refractivity contribution is 6.31. The molecule has 0 radical (unpaired) electrons. The lowest BCUT2D eigenvalue weighted by molar-refractivity contribution is -0.384. The number of hydrogen-bond donors (Lipinski definition) is 0. The van der Waals surface area contributed by atoms with E-state index >= 15 is 0 Å². The van der Waals surface area contributed by atoms with Crippen molar-refractivity contribution in [1.82, 2.24) is 4.40 Å². The highest BCUT2D eigenvalue weighted by atomic mass is 35.5. The summed E-state index contributed by atoms with van der Waals surface area (Å²) in [5, 5.41) is 10.9. The van der Waals surface area contributed by atoms with Gasteiger partial charge in [0.25, 0.3) is 5.69 Å². The second-order valence-corrected chi connectivity index (χ2v) is 6.17. The second-order valence-electron chi connectivity index (χ2n) is 5.78. The Bertz CT molecular complexity index is 1170. The van der Waals surface area contributed by atoms with E-state index in [0.717, 1.165) is 26.4 Å². The van der Waals surface area contributed by atoms with Crippen LogP contribution in [0.2, 0.25) is 5.15 Å². The summed E-state index contributed by atoms with van der Waals surface area (Å²) in [6.07, 6.45) is 0. The van der Waals surface area contributed by atoms with Crippen molar-refractivity contribution in [3.05, 3.63) is 80.1 Å². The number of carbonyl (C=O) groups excluding carboxylic acids is 3. The van der Waals surface area contributed by atoms with Gasteiger partial charge in [0, 0.05) is 17.7 Å². The predicted octanol–water partition coefficient (Wildman–Crippen LogP) is 3.31. The predicted molar refractivity (Wildman–Crippen MR) is 102 cm³/mol. The molecule has 1 aromatic carbocycles. The van der Waals surface area contributed by atoms with E-state index in [1.807, 2.05) is 0 Å². The van der Waals surface area contributed by atoms with E-state index < -0.39 is 22.6 Å². The molecule has 0 spiro atoms. The summed E-state index contributed by atoms with van der Waals surface area (Å²) in [4.78, 5) is 48.4. The van der Waals surface area contributed by atoms with Gasteiger partial charge in [0.15, 0.2) is 0 Å². The van der Waals surface area contributed by atoms with Crippen LogP contribution in [0, 0.1) is 10.1 Å². The van der Waals surface area contributed by atoms with E-state index in [4.69, 9.17) is 21.1 Å². The van der Waals surface area contributed by atoms with Crippen LogP contribution in [0.4, 0.5) is 5.69 Å². The van der Waals surface area contributed by atoms with E-state index in [2.05, 4.69) is 0 Å². The molecule has 0 saturated heterocycles. The zero-order chi connectivity index (χ0) is 21.3. The van der Waals surface area contributed by atoms with Gasteiger partial charge in [0.05, 0.1) is 24.7 Å². The van der Waals surface area contributed by atoms with Crippen LogP contribution in [0.3, 0.4) is 0 Å². The number of benzene rings is 1. The standard InChI is InChI=1S/C19H13ClN2O7/c1-28-18(24)14-12-4-3-5-13(20)21(12)16(15(14)19(25)29-2)17(23)10-6-8-11(9-7-10)22(26)27/h3-9H,1-2H3. The lowest BCUT2D eigenvalue weighted by Gasteiger charge is -2.07. The molecule has 0 aliphatic heterocycles. The number of esters is 2. The average molecular weight is 417 g/mol. The number of fused-ring (bicyclic) bond motifs is 1. The van der Waals surface area contributed by atoms with Crippen molar-refractivity contribution in [2.75, 3.05) is 14.2 Å². The van der Waals surface area contributed by atoms with Gasteiger partial charge in [-0.05, 0) is 24.3 Å². The van der Waals surface area contributed by atoms with E-state index in [1.165, 1.54) is 28.7 Å². The molecule has 0 aliphatic rings. The van der Waals surface area contributed by atoms with Gasteiger partial charge in [-0.2, -0.15) is 0 Å². The topological polar surface area (TPSA) is 117 Å². The summed E-state index contributed by atoms with van der Waals surface area (Å²) in [5.41, 5.74) is -0.677. The van der Waals surface area contributed by atoms with Crippen molar-refractivity contribution in [3.8, 4) is 0 Å². The first-order valence-corrected chi connectivity index (χ1v) is 8.48. The molecule has 0 saturated carbocycles. The minimum Gasteiger partial charge on any atom is -0.465 e. The Morgan fingerprint density at radius 2 is 1.55 bits per heavy atom. The first kappa shape index (κ1) is 20.0. The number of carbonyl (C=O) groups is 3. The minimum atomic E-state index is -0.935. The van der Waals surface area contributed by atoms with Crippen LogP contribution in [-0.2, 0) is 9.47 Å². The molecule has 3 aromatic rings. The molecule has 0 N–H and O–H groups in total. The van der Waals surface area contributed by atoms with E-state index in [9.17, 15) is 24.5 Å². The number of nitrogens with zero attached hydrogens (tertiary/aromatic N) is 2. The molecule has 0 atom stereocenters. The SMILES string of the molecule is COC(=O)c1c(C(=O)OC)c2cccc(Cl)n2c1C(=O)c1ccc([N+](=O)[O-])cc1. The van der Waals surface area contributed by atoms with Gasteiger partial charge >= 0.3 is 11.9 Å². The fourth-order valence-electron chi connectivity index (χ4n) is 2.96. The molecule has 0 fully saturated rings. The number of ether oxygens (including phenoxy) is 2. The van der Waals surface area contributed by atoms with Crippen molar-refractivity contribution < 1.29 is 28.8 Å². The van der Waals surface area contributed by atoms with Crippen molar-refractivity contribution in [3.63, 3.8) is 0 Å². The van der Waals surface area contributed by atoms with Gasteiger partial charge < -0.3 is 9.47 Å². The molecule has 0 amide bonds. The number of hydrogen-bond acceptors (Lipinski definition) is 7. The largest absolute Gasteiger partial charge is 0.465 e. The summed E-state index contributed by atoms with van der Waals surface area (Å²) in [6, 6.07) is 9.32. The number of rotatable bonds is 5. The minimum absolute atomic E-state index is 0.0523. The van der Waals surface area contributed by atoms with Crippen molar-refractivity contribution in [2.45, 2.75) is 0 Å². The summed E-state index contributed by atoms with van der Waals surface area (Å²) in [7, 11) is 2.24. The Morgan fingerprint density at radius 3 is 2.10 bits per heavy atom. The van der Waals surface area contributed by atoms with Crippen LogP contribution in [0.1, 0.15) is 36.8 Å². The molecule has 2 heterocycles. The molecule has 148 valence electrons. The molecule has 29 heavy (non-hydrogen) atoms. The van der Waals surface area contributed by atoms with Crippen molar-refractivity contribution >= 4 is 40.5 Å². The Hall–Kier alpha value is -3.72. The molecule has 9 nitrogen and oxygen atoms in total. The molecule has 0 unspecified atom stereocenters. The third-order valence-electron chi connectivity index (χ3n) is 4.24. The molecule has 10 heteroatoms. The fraction of sp³-hybridized carbons (Fsp3) is 0.105. The first-order valence-electron chi connectivity index (χ1n) is 8.10. The molecule has 0 aliphatic carbocycles. The number of halogens is 1. The second kappa shape index (κ2) is 7.72. The fourth-order valence-corrected chi connectivity index (χ4v) is 3.21. The van der Waals surface area contributed by atoms with Gasteiger partial charge in [-0.1, -0.05) is 17.7 Å². The highest BCUT2D eigenvalue weighted by Crippen LogP contribution is 2.31. The monoisotopic (exact) mass is 416 g/mol. The molecule has 0 bridgehead atoms. The van der Waals surface area contributed by atoms with Crippen LogP contribution >= 0.6 is 11.6 Å². The van der Waals surface area contributed by atoms with Gasteiger partial charge in [-0.15, -0.1) is 0 Å². The number of aromatic nitrogens is 1. The van der Waals surface area contributed by atoms with Gasteiger partial charge in [0.2, 0.25) is 5.78 Å². The number of ketones is 1. The quantitative estimate of drug-likeness (QED) is 0.206. The number of nitro groups is 1. The summed E-state index contributed by atoms with van der Waals surface area (Å²) >= 11 is 6.26. The number of nitro benzene ring substituents is 1. The van der Waals surface area contributed by atoms with Crippen molar-refractivity contribution in [1.29, 1.82) is 0 Å². The molecule has 3 rings (SSSR count). The number of pyridine rings is 1. The lowest BCUT2D eigenvalue weighted by Crippen LogP contribution is -2.15. The molecule has 2 aromatic heterocycles. The van der Waals surface area contributed by atoms with Crippen LogP contribution in [0.15, 0.2) is 42.5 Å². The summed E-state index contributed by atoms with van der Waals surface area (Å²) in [5.74, 6) is -2.47. The summed E-state index contributed by atoms with van der Waals surface area (Å²) < 4.78 is 10.8. The zero-order valence-electron chi connectivity index (χ0n) is 15.2. The van der Waals surface area contributed by atoms with Gasteiger partial charge in [-0.3, -0.25) is 19.3 Å².